The van der Waals surface area contributed by atoms with E-state index in [0.29, 0.717) is 0 Å². The maximum atomic E-state index is 11.8. The van der Waals surface area contributed by atoms with Gasteiger partial charge in [0.2, 0.25) is 0 Å². The van der Waals surface area contributed by atoms with E-state index in [1.807, 2.05) is 0 Å². The van der Waals surface area contributed by atoms with Gasteiger partial charge in [0.1, 0.15) is 5.65 Å². The first-order valence-electron chi connectivity index (χ1n) is 5.18. The van der Waals surface area contributed by atoms with Gasteiger partial charge < -0.3 is 0 Å². The largest absolute Gasteiger partial charge is 0.329 e. The van der Waals surface area contributed by atoms with Crippen molar-refractivity contribution in [3.05, 3.63) is 31.3 Å². The van der Waals surface area contributed by atoms with Crippen molar-refractivity contribution in [2.45, 2.75) is 0 Å². The van der Waals surface area contributed by atoms with Crippen LogP contribution in [0.15, 0.2) is 14.4 Å². The molecule has 7 heteroatoms. The van der Waals surface area contributed by atoms with Gasteiger partial charge in [-0.1, -0.05) is 0 Å². The molecule has 0 radical (unpaired) electrons. The van der Waals surface area contributed by atoms with Crippen LogP contribution in [-0.2, 0) is 14.0 Å². The summed E-state index contributed by atoms with van der Waals surface area (Å²) in [5.74, 6) is 0. The van der Waals surface area contributed by atoms with Crippen LogP contribution in [0.3, 0.4) is 0 Å². The molecular formula is C7H8N4O3. The van der Waals surface area contributed by atoms with Crippen LogP contribution < -0.4 is 16.9 Å². The SMILES string of the molecule is [2H]C([2H])([2H])n1c(=O)[nH]c2[nH]c(=O)n(C)c2c1=O. The summed E-state index contributed by atoms with van der Waals surface area (Å²) in [5, 5.41) is 0. The van der Waals surface area contributed by atoms with E-state index in [9.17, 15) is 14.4 Å². The van der Waals surface area contributed by atoms with Gasteiger partial charge in [-0.3, -0.25) is 23.9 Å². The molecule has 0 bridgehead atoms. The number of hydrogen-bond donors (Lipinski definition) is 2. The lowest BCUT2D eigenvalue weighted by molar-refractivity contribution is 0.781. The number of aromatic amines is 2. The molecule has 7 nitrogen and oxygen atoms in total. The molecule has 0 aliphatic heterocycles. The first kappa shape index (κ1) is 5.63. The number of H-pyrrole nitrogens is 2. The third-order valence-corrected chi connectivity index (χ3v) is 1.95. The molecule has 0 unspecified atom stereocenters. The Morgan fingerprint density at radius 3 is 2.29 bits per heavy atom. The first-order valence-corrected chi connectivity index (χ1v) is 3.68. The van der Waals surface area contributed by atoms with E-state index < -0.39 is 23.9 Å². The van der Waals surface area contributed by atoms with Gasteiger partial charge in [0.15, 0.2) is 5.52 Å². The smallest absolute Gasteiger partial charge is 0.291 e. The Balaban J connectivity index is 3.10. The Bertz CT molecular complexity index is 760. The van der Waals surface area contributed by atoms with Crippen LogP contribution in [0.2, 0.25) is 0 Å². The number of aryl methyl sites for hydroxylation is 1. The minimum absolute atomic E-state index is 0.0898. The molecule has 0 aliphatic rings. The van der Waals surface area contributed by atoms with Gasteiger partial charge in [-0.2, -0.15) is 0 Å². The number of nitrogens with zero attached hydrogens (tertiary/aromatic N) is 2. The summed E-state index contributed by atoms with van der Waals surface area (Å²) >= 11 is 0. The molecule has 0 fully saturated rings. The van der Waals surface area contributed by atoms with Crippen LogP contribution in [-0.4, -0.2) is 19.1 Å². The van der Waals surface area contributed by atoms with Crippen molar-refractivity contribution in [1.82, 2.24) is 19.1 Å². The van der Waals surface area contributed by atoms with E-state index in [-0.39, 0.29) is 15.7 Å². The predicted molar refractivity (Wildman–Crippen MR) is 49.4 cm³/mol. The second-order valence-electron chi connectivity index (χ2n) is 2.78. The van der Waals surface area contributed by atoms with Crippen molar-refractivity contribution in [2.75, 3.05) is 0 Å². The highest BCUT2D eigenvalue weighted by Crippen LogP contribution is 1.94. The molecule has 2 rings (SSSR count). The first-order chi connectivity index (χ1) is 7.73. The van der Waals surface area contributed by atoms with E-state index in [1.165, 1.54) is 7.05 Å². The zero-order valence-electron chi connectivity index (χ0n) is 10.1. The predicted octanol–water partition coefficient (Wildman–Crippen LogP) is -1.75. The number of imidazole rings is 1. The van der Waals surface area contributed by atoms with Gasteiger partial charge in [0, 0.05) is 18.1 Å². The highest BCUT2D eigenvalue weighted by atomic mass is 16.2. The number of hydrogen-bond acceptors (Lipinski definition) is 3. The quantitative estimate of drug-likeness (QED) is 0.527. The molecule has 0 spiro atoms. The van der Waals surface area contributed by atoms with E-state index >= 15 is 0 Å². The standard InChI is InChI=1S/C7H8N4O3/c1-10-3-4(8-6(10)13)9-7(14)11(2)5(3)12/h1-2H3,(H,8,13)(H,9,14)/i2D3. The average Bonchev–Trinajstić information content (AvgIpc) is 2.39. The van der Waals surface area contributed by atoms with E-state index in [1.54, 1.807) is 0 Å². The summed E-state index contributed by atoms with van der Waals surface area (Å²) in [6.07, 6.45) is 0. The van der Waals surface area contributed by atoms with Crippen LogP contribution in [0.5, 0.6) is 0 Å². The summed E-state index contributed by atoms with van der Waals surface area (Å²) in [5.41, 5.74) is -3.02. The molecule has 0 atom stereocenters. The third-order valence-electron chi connectivity index (χ3n) is 1.95. The van der Waals surface area contributed by atoms with Crippen LogP contribution >= 0.6 is 0 Å². The molecule has 2 N–H and O–H groups in total. The van der Waals surface area contributed by atoms with Crippen molar-refractivity contribution < 1.29 is 4.11 Å². The molecule has 14 heavy (non-hydrogen) atoms. The fourth-order valence-corrected chi connectivity index (χ4v) is 1.22. The second kappa shape index (κ2) is 2.47. The van der Waals surface area contributed by atoms with Gasteiger partial charge in [-0.15, -0.1) is 0 Å². The zero-order chi connectivity index (χ0) is 13.0. The summed E-state index contributed by atoms with van der Waals surface area (Å²) in [6, 6.07) is 0. The minimum atomic E-state index is -2.90. The van der Waals surface area contributed by atoms with Gasteiger partial charge in [-0.25, -0.2) is 9.59 Å². The molecule has 0 aliphatic carbocycles. The van der Waals surface area contributed by atoms with Gasteiger partial charge >= 0.3 is 11.4 Å². The average molecular weight is 199 g/mol. The molecular weight excluding hydrogens is 188 g/mol. The van der Waals surface area contributed by atoms with Crippen LogP contribution in [0, 0.1) is 0 Å². The molecule has 2 aromatic rings. The Morgan fingerprint density at radius 1 is 1.14 bits per heavy atom. The second-order valence-corrected chi connectivity index (χ2v) is 2.78. The normalized spacial score (nSPS) is 15.1. The van der Waals surface area contributed by atoms with E-state index in [2.05, 4.69) is 9.97 Å². The summed E-state index contributed by atoms with van der Waals surface area (Å²) < 4.78 is 22.3. The Kier molecular flexibility index (Phi) is 0.994. The van der Waals surface area contributed by atoms with Crippen LogP contribution in [0.4, 0.5) is 0 Å². The fraction of sp³-hybridized carbons (Fsp3) is 0.286. The van der Waals surface area contributed by atoms with Crippen LogP contribution in [0.25, 0.3) is 11.2 Å². The topological polar surface area (TPSA) is 92.7 Å². The maximum absolute atomic E-state index is 11.8. The van der Waals surface area contributed by atoms with Crippen LogP contribution in [0.1, 0.15) is 4.11 Å². The number of nitrogens with one attached hydrogen (secondary N) is 2. The lowest BCUT2D eigenvalue weighted by Crippen LogP contribution is -2.33. The highest BCUT2D eigenvalue weighted by molar-refractivity contribution is 5.68. The molecule has 0 aromatic carbocycles. The summed E-state index contributed by atoms with van der Waals surface area (Å²) in [7, 11) is 1.30. The van der Waals surface area contributed by atoms with E-state index in [4.69, 9.17) is 4.11 Å². The van der Waals surface area contributed by atoms with Crippen molar-refractivity contribution in [3.63, 3.8) is 0 Å². The minimum Gasteiger partial charge on any atom is -0.291 e. The van der Waals surface area contributed by atoms with Crippen molar-refractivity contribution in [1.29, 1.82) is 0 Å². The zero-order valence-corrected chi connectivity index (χ0v) is 7.12. The Hall–Kier alpha value is -2.05. The Labute approximate surface area is 80.8 Å². The van der Waals surface area contributed by atoms with Crippen molar-refractivity contribution >= 4 is 11.2 Å². The van der Waals surface area contributed by atoms with Gasteiger partial charge in [0.25, 0.3) is 5.56 Å². The number of aromatic nitrogens is 4. The highest BCUT2D eigenvalue weighted by Gasteiger charge is 2.10. The molecule has 2 aromatic heterocycles. The summed E-state index contributed by atoms with van der Waals surface area (Å²) in [6.45, 7) is -2.90. The van der Waals surface area contributed by atoms with Gasteiger partial charge in [-0.05, 0) is 0 Å². The molecule has 0 saturated heterocycles. The number of rotatable bonds is 0. The Morgan fingerprint density at radius 2 is 1.71 bits per heavy atom. The molecule has 0 saturated carbocycles. The lowest BCUT2D eigenvalue weighted by Gasteiger charge is -1.96. The maximum Gasteiger partial charge on any atom is 0.329 e. The molecule has 74 valence electrons. The lowest BCUT2D eigenvalue weighted by atomic mass is 10.5. The van der Waals surface area contributed by atoms with Crippen molar-refractivity contribution in [2.24, 2.45) is 14.0 Å². The third kappa shape index (κ3) is 0.889. The number of fused-ring (bicyclic) bond motifs is 1. The van der Waals surface area contributed by atoms with Gasteiger partial charge in [0.05, 0.1) is 0 Å². The van der Waals surface area contributed by atoms with E-state index in [0.717, 1.165) is 4.57 Å². The molecule has 2 heterocycles. The molecule has 0 amide bonds. The van der Waals surface area contributed by atoms with Crippen molar-refractivity contribution in [3.8, 4) is 0 Å². The monoisotopic (exact) mass is 199 g/mol. The summed E-state index contributed by atoms with van der Waals surface area (Å²) in [4.78, 5) is 38.9. The fourth-order valence-electron chi connectivity index (χ4n) is 1.22.